The highest BCUT2D eigenvalue weighted by atomic mass is 16.2. The van der Waals surface area contributed by atoms with Crippen molar-refractivity contribution in [3.05, 3.63) is 187 Å². The number of carbonyl (C=O) groups is 1. The molecule has 0 saturated heterocycles. The Bertz CT molecular complexity index is 3020. The molecule has 0 spiro atoms. The highest BCUT2D eigenvalue weighted by Crippen LogP contribution is 2.47. The highest BCUT2D eigenvalue weighted by molar-refractivity contribution is 6.19. The Hall–Kier alpha value is -6.71. The second-order valence-corrected chi connectivity index (χ2v) is 14.0. The van der Waals surface area contributed by atoms with E-state index in [9.17, 15) is 4.79 Å². The summed E-state index contributed by atoms with van der Waals surface area (Å²) in [6.45, 7) is 0. The lowest BCUT2D eigenvalue weighted by atomic mass is 9.80. The Kier molecular flexibility index (Phi) is 6.23. The van der Waals surface area contributed by atoms with E-state index < -0.39 is 0 Å². The fourth-order valence-corrected chi connectivity index (χ4v) is 8.83. The number of carbonyl (C=O) groups excluding carboxylic acids is 1. The number of anilines is 2. The molecule has 1 amide bonds. The molecular weight excluding hydrogens is 633 g/mol. The van der Waals surface area contributed by atoms with Crippen molar-refractivity contribution in [1.82, 2.24) is 4.57 Å². The summed E-state index contributed by atoms with van der Waals surface area (Å²) in [7, 11) is 0. The standard InChI is InChI=1S/C49H32N2O/c52-49-41-20-9-8-18-39(41)40-19-10-11-21-46(40)51(49)36-23-25-48-45(30-36)44-28-33(22-24-47(44)50(48)35-14-2-1-3-15-35)42-29-34-26-31-12-4-5-13-32(31)27-43(34)38-17-7-6-16-37(38)42/h1-17,19-30,39H,18H2. The van der Waals surface area contributed by atoms with Gasteiger partial charge in [0.15, 0.2) is 0 Å². The van der Waals surface area contributed by atoms with Gasteiger partial charge in [0.25, 0.3) is 5.91 Å². The third-order valence-corrected chi connectivity index (χ3v) is 11.2. The minimum absolute atomic E-state index is 0.0510. The van der Waals surface area contributed by atoms with Crippen LogP contribution < -0.4 is 4.90 Å². The Labute approximate surface area is 301 Å². The van der Waals surface area contributed by atoms with Crippen LogP contribution in [0.25, 0.3) is 70.9 Å². The van der Waals surface area contributed by atoms with Gasteiger partial charge in [-0.2, -0.15) is 0 Å². The van der Waals surface area contributed by atoms with E-state index in [0.717, 1.165) is 56.4 Å². The number of hydrogen-bond acceptors (Lipinski definition) is 1. The fourth-order valence-electron chi connectivity index (χ4n) is 8.83. The second-order valence-electron chi connectivity index (χ2n) is 14.0. The number of nitrogens with zero attached hydrogens (tertiary/aromatic N) is 2. The molecule has 0 fully saturated rings. The van der Waals surface area contributed by atoms with E-state index in [-0.39, 0.29) is 11.8 Å². The molecule has 0 radical (unpaired) electrons. The van der Waals surface area contributed by atoms with Crippen LogP contribution in [0.4, 0.5) is 11.4 Å². The largest absolute Gasteiger partial charge is 0.309 e. The van der Waals surface area contributed by atoms with Crippen LogP contribution in [0.5, 0.6) is 0 Å². The third kappa shape index (κ3) is 4.23. The summed E-state index contributed by atoms with van der Waals surface area (Å²) >= 11 is 0. The summed E-state index contributed by atoms with van der Waals surface area (Å²) < 4.78 is 2.35. The molecule has 0 saturated carbocycles. The van der Waals surface area contributed by atoms with Crippen molar-refractivity contribution >= 4 is 71.4 Å². The van der Waals surface area contributed by atoms with Gasteiger partial charge in [-0.05, 0) is 122 Å². The zero-order chi connectivity index (χ0) is 34.3. The maximum atomic E-state index is 14.3. The molecular formula is C49H32N2O. The van der Waals surface area contributed by atoms with Crippen molar-refractivity contribution in [3.8, 4) is 16.8 Å². The number of rotatable bonds is 3. The van der Waals surface area contributed by atoms with E-state index in [1.165, 1.54) is 43.4 Å². The molecule has 0 N–H and O–H groups in total. The van der Waals surface area contributed by atoms with Gasteiger partial charge < -0.3 is 4.57 Å². The lowest BCUT2D eigenvalue weighted by molar-refractivity contribution is -0.115. The van der Waals surface area contributed by atoms with E-state index in [1.54, 1.807) is 0 Å². The normalized spacial score (nSPS) is 15.5. The Morgan fingerprint density at radius 2 is 1.23 bits per heavy atom. The van der Waals surface area contributed by atoms with Crippen LogP contribution in [0.1, 0.15) is 17.9 Å². The number of fused-ring (bicyclic) bond motifs is 10. The Balaban J connectivity index is 1.17. The van der Waals surface area contributed by atoms with Crippen LogP contribution in [0.2, 0.25) is 0 Å². The molecule has 2 heterocycles. The van der Waals surface area contributed by atoms with Crippen molar-refractivity contribution in [2.75, 3.05) is 4.90 Å². The zero-order valence-corrected chi connectivity index (χ0v) is 28.3. The smallest absolute Gasteiger partial charge is 0.259 e. The number of hydrogen-bond donors (Lipinski definition) is 0. The molecule has 3 heteroatoms. The minimum Gasteiger partial charge on any atom is -0.309 e. The molecule has 1 aliphatic carbocycles. The van der Waals surface area contributed by atoms with Crippen molar-refractivity contribution in [3.63, 3.8) is 0 Å². The first-order chi connectivity index (χ1) is 25.7. The molecule has 1 aromatic heterocycles. The summed E-state index contributed by atoms with van der Waals surface area (Å²) in [6.07, 6.45) is 7.03. The van der Waals surface area contributed by atoms with E-state index in [1.807, 2.05) is 23.1 Å². The first-order valence-corrected chi connectivity index (χ1v) is 18.0. The second kappa shape index (κ2) is 11.1. The van der Waals surface area contributed by atoms with Crippen LogP contribution in [0.15, 0.2) is 182 Å². The van der Waals surface area contributed by atoms with Crippen LogP contribution in [-0.2, 0) is 4.79 Å². The number of benzene rings is 8. The molecule has 244 valence electrons. The number of amides is 1. The average Bonchev–Trinajstić information content (AvgIpc) is 3.53. The maximum absolute atomic E-state index is 14.3. The van der Waals surface area contributed by atoms with Crippen LogP contribution in [0.3, 0.4) is 0 Å². The molecule has 1 atom stereocenters. The van der Waals surface area contributed by atoms with Gasteiger partial charge in [0, 0.05) is 33.6 Å². The van der Waals surface area contributed by atoms with Crippen molar-refractivity contribution in [2.24, 2.45) is 0 Å². The highest BCUT2D eigenvalue weighted by Gasteiger charge is 2.36. The van der Waals surface area contributed by atoms with Crippen LogP contribution in [-0.4, -0.2) is 10.5 Å². The summed E-state index contributed by atoms with van der Waals surface area (Å²) in [5.74, 6) is 0.140. The molecule has 3 nitrogen and oxygen atoms in total. The van der Waals surface area contributed by atoms with Gasteiger partial charge in [0.1, 0.15) is 0 Å². The maximum Gasteiger partial charge on any atom is 0.259 e. The van der Waals surface area contributed by atoms with Crippen molar-refractivity contribution < 1.29 is 4.79 Å². The summed E-state index contributed by atoms with van der Waals surface area (Å²) in [4.78, 5) is 16.2. The number of para-hydroxylation sites is 2. The quantitative estimate of drug-likeness (QED) is 0.136. The molecule has 8 aromatic carbocycles. The van der Waals surface area contributed by atoms with E-state index in [2.05, 4.69) is 162 Å². The zero-order valence-electron chi connectivity index (χ0n) is 28.3. The molecule has 52 heavy (non-hydrogen) atoms. The van der Waals surface area contributed by atoms with E-state index >= 15 is 0 Å². The predicted molar refractivity (Wildman–Crippen MR) is 217 cm³/mol. The fraction of sp³-hybridized carbons (Fsp3) is 0.0408. The molecule has 2 aliphatic rings. The number of allylic oxidation sites excluding steroid dienone is 3. The van der Waals surface area contributed by atoms with Gasteiger partial charge in [-0.15, -0.1) is 0 Å². The van der Waals surface area contributed by atoms with Crippen molar-refractivity contribution in [2.45, 2.75) is 12.3 Å². The lowest BCUT2D eigenvalue weighted by Crippen LogP contribution is -2.35. The average molecular weight is 665 g/mol. The molecule has 9 aromatic rings. The van der Waals surface area contributed by atoms with E-state index in [0.29, 0.717) is 0 Å². The molecule has 11 rings (SSSR count). The van der Waals surface area contributed by atoms with Gasteiger partial charge in [-0.3, -0.25) is 9.69 Å². The summed E-state index contributed by atoms with van der Waals surface area (Å²) in [5.41, 5.74) is 9.60. The first kappa shape index (κ1) is 29.1. The summed E-state index contributed by atoms with van der Waals surface area (Å²) in [5, 5.41) is 9.73. The third-order valence-electron chi connectivity index (χ3n) is 11.2. The van der Waals surface area contributed by atoms with Gasteiger partial charge in [-0.25, -0.2) is 0 Å². The predicted octanol–water partition coefficient (Wildman–Crippen LogP) is 12.6. The summed E-state index contributed by atoms with van der Waals surface area (Å²) in [6, 6.07) is 56.7. The molecule has 1 aliphatic heterocycles. The van der Waals surface area contributed by atoms with Crippen LogP contribution in [0, 0.1) is 0 Å². The number of aromatic nitrogens is 1. The monoisotopic (exact) mass is 664 g/mol. The SMILES string of the molecule is O=C1C2=CC=CCC2c2ccccc2N1c1ccc2c(c1)c1cc(-c3cc4cc5ccccc5cc4c4ccccc34)ccc1n2-c1ccccc1. The van der Waals surface area contributed by atoms with Gasteiger partial charge >= 0.3 is 0 Å². The molecule has 0 bridgehead atoms. The van der Waals surface area contributed by atoms with Gasteiger partial charge in [0.2, 0.25) is 0 Å². The topological polar surface area (TPSA) is 25.2 Å². The first-order valence-electron chi connectivity index (χ1n) is 18.0. The Morgan fingerprint density at radius 3 is 2.10 bits per heavy atom. The van der Waals surface area contributed by atoms with Crippen molar-refractivity contribution in [1.29, 1.82) is 0 Å². The van der Waals surface area contributed by atoms with Gasteiger partial charge in [0.05, 0.1) is 16.7 Å². The lowest BCUT2D eigenvalue weighted by Gasteiger charge is -2.36. The van der Waals surface area contributed by atoms with Gasteiger partial charge in [-0.1, -0.05) is 109 Å². The molecule has 1 unspecified atom stereocenters. The van der Waals surface area contributed by atoms with Crippen LogP contribution >= 0.6 is 0 Å². The van der Waals surface area contributed by atoms with E-state index in [4.69, 9.17) is 0 Å². The Morgan fingerprint density at radius 1 is 0.519 bits per heavy atom. The minimum atomic E-state index is 0.0510.